The smallest absolute Gasteiger partial charge is 0.243 e. The molecule has 3 atom stereocenters. The van der Waals surface area contributed by atoms with Crippen LogP contribution in [0.1, 0.15) is 47.9 Å². The number of fused-ring (bicyclic) bond motifs is 3. The van der Waals surface area contributed by atoms with Gasteiger partial charge in [0, 0.05) is 30.3 Å². The van der Waals surface area contributed by atoms with Gasteiger partial charge < -0.3 is 10.1 Å². The van der Waals surface area contributed by atoms with Gasteiger partial charge in [-0.05, 0) is 60.6 Å². The Balaban J connectivity index is 1.31. The Morgan fingerprint density at radius 1 is 0.914 bits per heavy atom. The van der Waals surface area contributed by atoms with Gasteiger partial charge in [0.15, 0.2) is 0 Å². The molecule has 35 heavy (non-hydrogen) atoms. The summed E-state index contributed by atoms with van der Waals surface area (Å²) in [6.45, 7) is 1.75. The molecule has 0 saturated carbocycles. The highest BCUT2D eigenvalue weighted by Crippen LogP contribution is 2.51. The average molecular weight is 487 g/mol. The fourth-order valence-corrected chi connectivity index (χ4v) is 7.28. The minimum atomic E-state index is -3.45. The third-order valence-corrected chi connectivity index (χ3v) is 9.42. The molecule has 1 N–H and O–H groups in total. The maximum absolute atomic E-state index is 13.2. The summed E-state index contributed by atoms with van der Waals surface area (Å²) in [7, 11) is -3.45. The lowest BCUT2D eigenvalue weighted by Crippen LogP contribution is -2.31. The molecule has 3 aliphatic rings. The van der Waals surface area contributed by atoms with E-state index in [0.29, 0.717) is 30.5 Å². The van der Waals surface area contributed by atoms with Crippen molar-refractivity contribution in [1.29, 1.82) is 0 Å². The van der Waals surface area contributed by atoms with Gasteiger partial charge in [-0.15, -0.1) is 0 Å². The number of benzene rings is 3. The van der Waals surface area contributed by atoms with Gasteiger partial charge in [-0.25, -0.2) is 8.42 Å². The molecule has 0 aromatic heterocycles. The molecule has 1 fully saturated rings. The molecule has 180 valence electrons. The highest BCUT2D eigenvalue weighted by Gasteiger charge is 2.40. The van der Waals surface area contributed by atoms with Crippen molar-refractivity contribution in [1.82, 2.24) is 4.31 Å². The quantitative estimate of drug-likeness (QED) is 0.442. The lowest BCUT2D eigenvalue weighted by Gasteiger charge is -2.38. The van der Waals surface area contributed by atoms with E-state index >= 15 is 0 Å². The van der Waals surface area contributed by atoms with E-state index < -0.39 is 10.0 Å². The van der Waals surface area contributed by atoms with Crippen molar-refractivity contribution in [2.75, 3.05) is 18.4 Å². The number of anilines is 1. The highest BCUT2D eigenvalue weighted by molar-refractivity contribution is 7.89. The van der Waals surface area contributed by atoms with Crippen LogP contribution < -0.4 is 10.1 Å². The molecule has 2 heterocycles. The number of nitrogens with zero attached hydrogens (tertiary/aromatic N) is 1. The summed E-state index contributed by atoms with van der Waals surface area (Å²) in [5.41, 5.74) is 4.35. The Morgan fingerprint density at radius 3 is 2.51 bits per heavy atom. The molecule has 3 aromatic carbocycles. The molecular weight excluding hydrogens is 456 g/mol. The third-order valence-electron chi connectivity index (χ3n) is 7.53. The molecule has 0 radical (unpaired) electrons. The summed E-state index contributed by atoms with van der Waals surface area (Å²) in [4.78, 5) is 0.407. The summed E-state index contributed by atoms with van der Waals surface area (Å²) in [5, 5.41) is 3.74. The van der Waals surface area contributed by atoms with Gasteiger partial charge in [0.2, 0.25) is 10.0 Å². The van der Waals surface area contributed by atoms with Crippen LogP contribution in [-0.2, 0) is 16.6 Å². The lowest BCUT2D eigenvalue weighted by molar-refractivity contribution is 0.296. The zero-order valence-corrected chi connectivity index (χ0v) is 20.5. The number of hydrogen-bond acceptors (Lipinski definition) is 4. The van der Waals surface area contributed by atoms with Gasteiger partial charge in [-0.3, -0.25) is 0 Å². The van der Waals surface area contributed by atoms with Crippen molar-refractivity contribution in [2.45, 2.75) is 42.7 Å². The van der Waals surface area contributed by atoms with E-state index in [2.05, 4.69) is 41.7 Å². The second kappa shape index (κ2) is 9.17. The van der Waals surface area contributed by atoms with Crippen molar-refractivity contribution >= 4 is 15.7 Å². The van der Waals surface area contributed by atoms with E-state index in [9.17, 15) is 8.42 Å². The Labute approximate surface area is 207 Å². The summed E-state index contributed by atoms with van der Waals surface area (Å²) >= 11 is 0. The zero-order chi connectivity index (χ0) is 23.8. The molecule has 0 spiro atoms. The zero-order valence-electron chi connectivity index (χ0n) is 19.6. The van der Waals surface area contributed by atoms with Crippen molar-refractivity contribution in [3.05, 3.63) is 102 Å². The number of nitrogens with one attached hydrogen (secondary N) is 1. The summed E-state index contributed by atoms with van der Waals surface area (Å²) in [6, 6.07) is 24.1. The predicted molar refractivity (Wildman–Crippen MR) is 138 cm³/mol. The topological polar surface area (TPSA) is 58.6 Å². The highest BCUT2D eigenvalue weighted by atomic mass is 32.2. The predicted octanol–water partition coefficient (Wildman–Crippen LogP) is 5.88. The van der Waals surface area contributed by atoms with Gasteiger partial charge in [0.05, 0.1) is 10.9 Å². The number of allylic oxidation sites excluding steroid dienone is 2. The van der Waals surface area contributed by atoms with Crippen LogP contribution in [0.3, 0.4) is 0 Å². The monoisotopic (exact) mass is 486 g/mol. The van der Waals surface area contributed by atoms with Crippen molar-refractivity contribution < 1.29 is 13.2 Å². The van der Waals surface area contributed by atoms with Gasteiger partial charge in [-0.1, -0.05) is 60.7 Å². The molecule has 6 rings (SSSR count). The largest absolute Gasteiger partial charge is 0.489 e. The van der Waals surface area contributed by atoms with Crippen LogP contribution >= 0.6 is 0 Å². The Hall–Kier alpha value is -3.09. The number of ether oxygens (including phenoxy) is 1. The number of rotatable bonds is 6. The molecule has 3 unspecified atom stereocenters. The number of sulfonamides is 1. The van der Waals surface area contributed by atoms with E-state index in [-0.39, 0.29) is 12.0 Å². The molecule has 0 bridgehead atoms. The fourth-order valence-electron chi connectivity index (χ4n) is 5.72. The second-order valence-electron chi connectivity index (χ2n) is 9.65. The maximum atomic E-state index is 13.2. The van der Waals surface area contributed by atoms with E-state index in [4.69, 9.17) is 4.74 Å². The van der Waals surface area contributed by atoms with Crippen LogP contribution in [0.5, 0.6) is 5.75 Å². The Bertz CT molecular complexity index is 1350. The summed E-state index contributed by atoms with van der Waals surface area (Å²) in [5.74, 6) is 1.36. The summed E-state index contributed by atoms with van der Waals surface area (Å²) in [6.07, 6.45) is 7.29. The van der Waals surface area contributed by atoms with Crippen molar-refractivity contribution in [3.8, 4) is 5.75 Å². The minimum Gasteiger partial charge on any atom is -0.489 e. The SMILES string of the molecule is O=S(=O)(c1ccc2c(c1)C1C=CCC1C(c1ccccc1OCc1ccccc1)N2)N1CCCC1. The van der Waals surface area contributed by atoms with Crippen LogP contribution in [0, 0.1) is 5.92 Å². The van der Waals surface area contributed by atoms with Crippen molar-refractivity contribution in [3.63, 3.8) is 0 Å². The normalized spacial score (nSPS) is 23.5. The van der Waals surface area contributed by atoms with E-state index in [1.807, 2.05) is 42.5 Å². The third kappa shape index (κ3) is 4.15. The molecule has 5 nitrogen and oxygen atoms in total. The number of hydrogen-bond donors (Lipinski definition) is 1. The van der Waals surface area contributed by atoms with E-state index in [0.717, 1.165) is 47.4 Å². The van der Waals surface area contributed by atoms with Crippen molar-refractivity contribution in [2.24, 2.45) is 5.92 Å². The molecule has 1 saturated heterocycles. The van der Waals surface area contributed by atoms with Crippen LogP contribution in [-0.4, -0.2) is 25.8 Å². The first-order valence-electron chi connectivity index (χ1n) is 12.4. The van der Waals surface area contributed by atoms with Crippen LogP contribution in [0.25, 0.3) is 0 Å². The average Bonchev–Trinajstić information content (AvgIpc) is 3.61. The molecule has 0 amide bonds. The standard InChI is InChI=1S/C29H30N2O3S/c32-35(33,31-17-6-7-18-31)22-15-16-27-26(19-22)23-12-8-13-24(23)29(30-27)25-11-4-5-14-28(25)34-20-21-9-2-1-3-10-21/h1-5,8-12,14-16,19,23-24,29-30H,6-7,13,17-18,20H2. The van der Waals surface area contributed by atoms with Gasteiger partial charge in [0.25, 0.3) is 0 Å². The first-order valence-corrected chi connectivity index (χ1v) is 13.9. The lowest BCUT2D eigenvalue weighted by atomic mass is 9.77. The first kappa shape index (κ1) is 22.4. The molecule has 3 aromatic rings. The fraction of sp³-hybridized carbons (Fsp3) is 0.310. The van der Waals surface area contributed by atoms with Crippen LogP contribution in [0.15, 0.2) is 89.8 Å². The van der Waals surface area contributed by atoms with Crippen LogP contribution in [0.2, 0.25) is 0 Å². The van der Waals surface area contributed by atoms with Gasteiger partial charge in [0.1, 0.15) is 12.4 Å². The Morgan fingerprint density at radius 2 is 1.69 bits per heavy atom. The minimum absolute atomic E-state index is 0.0792. The first-order chi connectivity index (χ1) is 17.1. The molecule has 6 heteroatoms. The van der Waals surface area contributed by atoms with E-state index in [1.54, 1.807) is 10.4 Å². The maximum Gasteiger partial charge on any atom is 0.243 e. The molecular formula is C29H30N2O3S. The van der Waals surface area contributed by atoms with Gasteiger partial charge >= 0.3 is 0 Å². The Kier molecular flexibility index (Phi) is 5.86. The van der Waals surface area contributed by atoms with Crippen LogP contribution in [0.4, 0.5) is 5.69 Å². The van der Waals surface area contributed by atoms with E-state index in [1.165, 1.54) is 0 Å². The second-order valence-corrected chi connectivity index (χ2v) is 11.6. The molecule has 2 aliphatic heterocycles. The number of para-hydroxylation sites is 1. The van der Waals surface area contributed by atoms with Gasteiger partial charge in [-0.2, -0.15) is 4.31 Å². The summed E-state index contributed by atoms with van der Waals surface area (Å²) < 4.78 is 34.3. The molecule has 1 aliphatic carbocycles.